The lowest BCUT2D eigenvalue weighted by molar-refractivity contribution is 0.0696. The maximum atomic E-state index is 12.9. The lowest BCUT2D eigenvalue weighted by Gasteiger charge is -2.36. The summed E-state index contributed by atoms with van der Waals surface area (Å²) in [6, 6.07) is 18.0. The minimum atomic E-state index is -0.922. The van der Waals surface area contributed by atoms with Crippen molar-refractivity contribution in [1.29, 1.82) is 0 Å². The highest BCUT2D eigenvalue weighted by atomic mass is 16.5. The number of aromatic nitrogens is 1. The van der Waals surface area contributed by atoms with Gasteiger partial charge in [-0.3, -0.25) is 4.79 Å². The third-order valence-electron chi connectivity index (χ3n) is 5.84. The molecular formula is C25H26N4O4. The molecule has 33 heavy (non-hydrogen) atoms. The number of piperazine rings is 1. The van der Waals surface area contributed by atoms with Crippen LogP contribution in [-0.4, -0.2) is 62.3 Å². The number of carbonyl (C=O) groups excluding carboxylic acids is 1. The van der Waals surface area contributed by atoms with Crippen LogP contribution < -0.4 is 19.4 Å². The Morgan fingerprint density at radius 1 is 0.879 bits per heavy atom. The van der Waals surface area contributed by atoms with Crippen molar-refractivity contribution in [3.05, 3.63) is 78.0 Å². The molecule has 3 aromatic rings. The van der Waals surface area contributed by atoms with Gasteiger partial charge in [0, 0.05) is 50.8 Å². The molecule has 0 unspecified atom stereocenters. The van der Waals surface area contributed by atoms with Gasteiger partial charge in [0.25, 0.3) is 5.91 Å². The van der Waals surface area contributed by atoms with Gasteiger partial charge < -0.3 is 24.5 Å². The van der Waals surface area contributed by atoms with Crippen molar-refractivity contribution in [2.24, 2.45) is 0 Å². The van der Waals surface area contributed by atoms with E-state index in [1.54, 1.807) is 37.4 Å². The van der Waals surface area contributed by atoms with Crippen LogP contribution in [0.4, 0.5) is 17.2 Å². The SMILES string of the molecule is COc1ccc(N(C)C(=O)c2ccc(N3CCN(c4ccc(C(=O)O)cc4)CC3)nc2)cc1. The zero-order chi connectivity index (χ0) is 23.4. The summed E-state index contributed by atoms with van der Waals surface area (Å²) in [6.07, 6.45) is 1.62. The van der Waals surface area contributed by atoms with E-state index in [1.807, 2.05) is 48.5 Å². The van der Waals surface area contributed by atoms with Crippen molar-refractivity contribution in [3.63, 3.8) is 0 Å². The van der Waals surface area contributed by atoms with Gasteiger partial charge in [-0.15, -0.1) is 0 Å². The normalized spacial score (nSPS) is 13.5. The fourth-order valence-corrected chi connectivity index (χ4v) is 3.82. The number of aromatic carboxylic acids is 1. The van der Waals surface area contributed by atoms with Crippen LogP contribution in [0.25, 0.3) is 0 Å². The van der Waals surface area contributed by atoms with Crippen LogP contribution in [0, 0.1) is 0 Å². The molecule has 0 saturated carbocycles. The third kappa shape index (κ3) is 4.90. The molecule has 1 aromatic heterocycles. The first kappa shape index (κ1) is 22.1. The molecule has 0 atom stereocenters. The number of carbonyl (C=O) groups is 2. The van der Waals surface area contributed by atoms with E-state index >= 15 is 0 Å². The summed E-state index contributed by atoms with van der Waals surface area (Å²) in [4.78, 5) is 34.4. The molecule has 170 valence electrons. The summed E-state index contributed by atoms with van der Waals surface area (Å²) < 4.78 is 5.17. The topological polar surface area (TPSA) is 86.2 Å². The van der Waals surface area contributed by atoms with Crippen molar-refractivity contribution < 1.29 is 19.4 Å². The molecule has 0 aliphatic carbocycles. The van der Waals surface area contributed by atoms with Gasteiger partial charge in [-0.1, -0.05) is 0 Å². The van der Waals surface area contributed by atoms with E-state index in [4.69, 9.17) is 9.84 Å². The van der Waals surface area contributed by atoms with E-state index in [1.165, 1.54) is 0 Å². The number of ether oxygens (including phenoxy) is 1. The number of pyridine rings is 1. The molecule has 2 aromatic carbocycles. The molecule has 8 heteroatoms. The standard InChI is InChI=1S/C25H26N4O4/c1-27(20-8-10-22(33-2)11-9-20)24(30)19-5-12-23(26-17-19)29-15-13-28(14-16-29)21-6-3-18(4-7-21)25(31)32/h3-12,17H,13-16H2,1-2H3,(H,31,32). The number of hydrogen-bond donors (Lipinski definition) is 1. The minimum Gasteiger partial charge on any atom is -0.497 e. The van der Waals surface area contributed by atoms with Crippen LogP contribution in [0.2, 0.25) is 0 Å². The first-order valence-corrected chi connectivity index (χ1v) is 10.7. The Balaban J connectivity index is 1.36. The van der Waals surface area contributed by atoms with Gasteiger partial charge in [-0.05, 0) is 60.7 Å². The third-order valence-corrected chi connectivity index (χ3v) is 5.84. The summed E-state index contributed by atoms with van der Waals surface area (Å²) in [7, 11) is 3.34. The highest BCUT2D eigenvalue weighted by Gasteiger charge is 2.20. The molecule has 1 aliphatic heterocycles. The van der Waals surface area contributed by atoms with E-state index in [0.29, 0.717) is 5.56 Å². The summed E-state index contributed by atoms with van der Waals surface area (Å²) >= 11 is 0. The number of methoxy groups -OCH3 is 1. The molecule has 1 amide bonds. The molecule has 0 spiro atoms. The Morgan fingerprint density at radius 2 is 1.48 bits per heavy atom. The van der Waals surface area contributed by atoms with Crippen LogP contribution in [0.3, 0.4) is 0 Å². The zero-order valence-electron chi connectivity index (χ0n) is 18.6. The first-order valence-electron chi connectivity index (χ1n) is 10.7. The largest absolute Gasteiger partial charge is 0.497 e. The predicted molar refractivity (Wildman–Crippen MR) is 128 cm³/mol. The molecule has 8 nitrogen and oxygen atoms in total. The van der Waals surface area contributed by atoms with Crippen molar-refractivity contribution in [2.75, 3.05) is 55.0 Å². The van der Waals surface area contributed by atoms with Gasteiger partial charge in [-0.2, -0.15) is 0 Å². The molecule has 4 rings (SSSR count). The Hall–Kier alpha value is -4.07. The number of hydrogen-bond acceptors (Lipinski definition) is 6. The predicted octanol–water partition coefficient (Wildman–Crippen LogP) is 3.39. The number of nitrogens with zero attached hydrogens (tertiary/aromatic N) is 4. The summed E-state index contributed by atoms with van der Waals surface area (Å²) in [5.41, 5.74) is 2.59. The number of carboxylic acid groups (broad SMARTS) is 1. The average molecular weight is 447 g/mol. The summed E-state index contributed by atoms with van der Waals surface area (Å²) in [6.45, 7) is 3.17. The highest BCUT2D eigenvalue weighted by molar-refractivity contribution is 6.05. The van der Waals surface area contributed by atoms with Gasteiger partial charge >= 0.3 is 5.97 Å². The van der Waals surface area contributed by atoms with E-state index in [0.717, 1.165) is 49.1 Å². The Labute approximate surface area is 192 Å². The van der Waals surface area contributed by atoms with E-state index < -0.39 is 5.97 Å². The molecular weight excluding hydrogens is 420 g/mol. The van der Waals surface area contributed by atoms with Gasteiger partial charge in [0.1, 0.15) is 11.6 Å². The summed E-state index contributed by atoms with van der Waals surface area (Å²) in [5, 5.41) is 9.05. The number of benzene rings is 2. The maximum Gasteiger partial charge on any atom is 0.335 e. The molecule has 1 fully saturated rings. The molecule has 1 N–H and O–H groups in total. The van der Waals surface area contributed by atoms with Crippen LogP contribution in [0.5, 0.6) is 5.75 Å². The van der Waals surface area contributed by atoms with Crippen molar-refractivity contribution in [3.8, 4) is 5.75 Å². The van der Waals surface area contributed by atoms with Crippen molar-refractivity contribution in [1.82, 2.24) is 4.98 Å². The number of rotatable bonds is 6. The van der Waals surface area contributed by atoms with E-state index in [-0.39, 0.29) is 11.5 Å². The second-order valence-corrected chi connectivity index (χ2v) is 7.79. The minimum absolute atomic E-state index is 0.131. The molecule has 2 heterocycles. The smallest absolute Gasteiger partial charge is 0.335 e. The monoisotopic (exact) mass is 446 g/mol. The lowest BCUT2D eigenvalue weighted by Crippen LogP contribution is -2.46. The summed E-state index contributed by atoms with van der Waals surface area (Å²) in [5.74, 6) is 0.519. The van der Waals surface area contributed by atoms with E-state index in [9.17, 15) is 9.59 Å². The van der Waals surface area contributed by atoms with Gasteiger partial charge in [-0.25, -0.2) is 9.78 Å². The number of carboxylic acids is 1. The Morgan fingerprint density at radius 3 is 2.03 bits per heavy atom. The fraction of sp³-hybridized carbons (Fsp3) is 0.240. The zero-order valence-corrected chi connectivity index (χ0v) is 18.6. The van der Waals surface area contributed by atoms with Gasteiger partial charge in [0.2, 0.25) is 0 Å². The highest BCUT2D eigenvalue weighted by Crippen LogP contribution is 2.22. The second kappa shape index (κ2) is 9.60. The molecule has 0 radical (unpaired) electrons. The molecule has 1 aliphatic rings. The van der Waals surface area contributed by atoms with Crippen LogP contribution in [-0.2, 0) is 0 Å². The quantitative estimate of drug-likeness (QED) is 0.621. The fourth-order valence-electron chi connectivity index (χ4n) is 3.82. The van der Waals surface area contributed by atoms with Gasteiger partial charge in [0.15, 0.2) is 0 Å². The van der Waals surface area contributed by atoms with Crippen molar-refractivity contribution in [2.45, 2.75) is 0 Å². The average Bonchev–Trinajstić information content (AvgIpc) is 2.88. The first-order chi connectivity index (χ1) is 16.0. The molecule has 0 bridgehead atoms. The number of amides is 1. The Bertz CT molecular complexity index is 1110. The lowest BCUT2D eigenvalue weighted by atomic mass is 10.2. The van der Waals surface area contributed by atoms with Crippen molar-refractivity contribution >= 4 is 29.1 Å². The van der Waals surface area contributed by atoms with Crippen LogP contribution in [0.1, 0.15) is 20.7 Å². The maximum absolute atomic E-state index is 12.9. The number of anilines is 3. The Kier molecular flexibility index (Phi) is 6.44. The van der Waals surface area contributed by atoms with E-state index in [2.05, 4.69) is 14.8 Å². The van der Waals surface area contributed by atoms with Gasteiger partial charge in [0.05, 0.1) is 18.2 Å². The second-order valence-electron chi connectivity index (χ2n) is 7.79. The van der Waals surface area contributed by atoms with Crippen LogP contribution in [0.15, 0.2) is 66.9 Å². The van der Waals surface area contributed by atoms with Crippen LogP contribution >= 0.6 is 0 Å². The molecule has 1 saturated heterocycles.